The number of hydrogen-bond acceptors (Lipinski definition) is 4. The molecule has 2 aromatic heterocycles. The Bertz CT molecular complexity index is 791. The van der Waals surface area contributed by atoms with Gasteiger partial charge >= 0.3 is 0 Å². The molecule has 28 heavy (non-hydrogen) atoms. The average Bonchev–Trinajstić information content (AvgIpc) is 3.47. The molecular weight excluding hydrogens is 350 g/mol. The second-order valence-electron chi connectivity index (χ2n) is 8.30. The normalized spacial score (nSPS) is 19.5. The standard InChI is InChI=1S/C22H31N5O/c1-3-16(2)27-21(18-6-7-18)20(14-24-27)22(28)25-19-8-11-26(12-9-19)15-17-5-4-10-23-13-17/h4-5,10,13-14,16,18-19H,3,6-9,11-12,15H2,1-2H3,(H,25,28). The molecule has 1 aliphatic heterocycles. The highest BCUT2D eigenvalue weighted by Crippen LogP contribution is 2.42. The summed E-state index contributed by atoms with van der Waals surface area (Å²) in [7, 11) is 0. The minimum absolute atomic E-state index is 0.0576. The highest BCUT2D eigenvalue weighted by atomic mass is 16.1. The lowest BCUT2D eigenvalue weighted by atomic mass is 10.0. The van der Waals surface area contributed by atoms with Gasteiger partial charge in [-0.25, -0.2) is 0 Å². The van der Waals surface area contributed by atoms with Crippen molar-refractivity contribution in [1.29, 1.82) is 0 Å². The van der Waals surface area contributed by atoms with Gasteiger partial charge in [0, 0.05) is 50.0 Å². The zero-order chi connectivity index (χ0) is 19.5. The lowest BCUT2D eigenvalue weighted by Gasteiger charge is -2.32. The smallest absolute Gasteiger partial charge is 0.254 e. The van der Waals surface area contributed by atoms with E-state index in [1.807, 2.05) is 18.5 Å². The summed E-state index contributed by atoms with van der Waals surface area (Å²) in [5.74, 6) is 0.570. The summed E-state index contributed by atoms with van der Waals surface area (Å²) in [6.07, 6.45) is 10.9. The number of likely N-dealkylation sites (tertiary alicyclic amines) is 1. The predicted molar refractivity (Wildman–Crippen MR) is 109 cm³/mol. The number of carbonyl (C=O) groups excluding carboxylic acids is 1. The second-order valence-corrected chi connectivity index (χ2v) is 8.30. The number of rotatable bonds is 7. The summed E-state index contributed by atoms with van der Waals surface area (Å²) in [4.78, 5) is 19.6. The molecule has 1 saturated carbocycles. The van der Waals surface area contributed by atoms with Gasteiger partial charge in [-0.15, -0.1) is 0 Å². The molecule has 0 bridgehead atoms. The molecule has 1 aliphatic carbocycles. The minimum Gasteiger partial charge on any atom is -0.349 e. The molecule has 150 valence electrons. The Morgan fingerprint density at radius 2 is 2.04 bits per heavy atom. The van der Waals surface area contributed by atoms with E-state index in [1.165, 1.54) is 18.4 Å². The van der Waals surface area contributed by atoms with Crippen LogP contribution in [0.5, 0.6) is 0 Å². The van der Waals surface area contributed by atoms with Crippen molar-refractivity contribution in [1.82, 2.24) is 25.0 Å². The van der Waals surface area contributed by atoms with Gasteiger partial charge in [0.15, 0.2) is 0 Å². The largest absolute Gasteiger partial charge is 0.349 e. The van der Waals surface area contributed by atoms with Crippen LogP contribution in [0.3, 0.4) is 0 Å². The average molecular weight is 382 g/mol. The fraction of sp³-hybridized carbons (Fsp3) is 0.591. The first kappa shape index (κ1) is 19.1. The maximum absolute atomic E-state index is 13.0. The zero-order valence-corrected chi connectivity index (χ0v) is 17.0. The summed E-state index contributed by atoms with van der Waals surface area (Å²) in [6, 6.07) is 4.69. The fourth-order valence-electron chi connectivity index (χ4n) is 4.08. The molecule has 1 saturated heterocycles. The van der Waals surface area contributed by atoms with Gasteiger partial charge in [0.1, 0.15) is 0 Å². The Morgan fingerprint density at radius 3 is 2.68 bits per heavy atom. The number of aromatic nitrogens is 3. The molecule has 2 aliphatic rings. The first-order valence-electron chi connectivity index (χ1n) is 10.6. The number of piperidine rings is 1. The van der Waals surface area contributed by atoms with Crippen LogP contribution in [0.2, 0.25) is 0 Å². The van der Waals surface area contributed by atoms with Gasteiger partial charge in [-0.05, 0) is 50.7 Å². The van der Waals surface area contributed by atoms with Crippen LogP contribution in [-0.4, -0.2) is 44.7 Å². The van der Waals surface area contributed by atoms with Gasteiger partial charge in [0.25, 0.3) is 5.91 Å². The van der Waals surface area contributed by atoms with E-state index < -0.39 is 0 Å². The Balaban J connectivity index is 1.34. The quantitative estimate of drug-likeness (QED) is 0.797. The Kier molecular flexibility index (Phi) is 5.76. The Morgan fingerprint density at radius 1 is 1.25 bits per heavy atom. The van der Waals surface area contributed by atoms with Crippen LogP contribution in [0.1, 0.15) is 79.5 Å². The molecule has 0 radical (unpaired) electrons. The van der Waals surface area contributed by atoms with E-state index in [1.54, 1.807) is 6.20 Å². The van der Waals surface area contributed by atoms with Gasteiger partial charge in [0.05, 0.1) is 17.5 Å². The van der Waals surface area contributed by atoms with Crippen LogP contribution >= 0.6 is 0 Å². The van der Waals surface area contributed by atoms with E-state index >= 15 is 0 Å². The molecule has 4 rings (SSSR count). The molecule has 6 nitrogen and oxygen atoms in total. The van der Waals surface area contributed by atoms with Crippen LogP contribution in [0.15, 0.2) is 30.7 Å². The molecular formula is C22H31N5O. The van der Waals surface area contributed by atoms with Gasteiger partial charge in [-0.3, -0.25) is 19.4 Å². The van der Waals surface area contributed by atoms with E-state index in [2.05, 4.69) is 44.9 Å². The number of nitrogens with one attached hydrogen (secondary N) is 1. The molecule has 0 spiro atoms. The van der Waals surface area contributed by atoms with Gasteiger partial charge in [-0.2, -0.15) is 5.10 Å². The van der Waals surface area contributed by atoms with Gasteiger partial charge < -0.3 is 5.32 Å². The van der Waals surface area contributed by atoms with Crippen molar-refractivity contribution in [3.05, 3.63) is 47.5 Å². The van der Waals surface area contributed by atoms with Crippen LogP contribution < -0.4 is 5.32 Å². The highest BCUT2D eigenvalue weighted by molar-refractivity contribution is 5.95. The molecule has 1 atom stereocenters. The van der Waals surface area contributed by atoms with Crippen LogP contribution in [-0.2, 0) is 6.54 Å². The number of carbonyl (C=O) groups is 1. The Labute approximate surface area is 167 Å². The van der Waals surface area contributed by atoms with Gasteiger partial charge in [0.2, 0.25) is 0 Å². The number of amides is 1. The fourth-order valence-corrected chi connectivity index (χ4v) is 4.08. The third-order valence-corrected chi connectivity index (χ3v) is 6.10. The lowest BCUT2D eigenvalue weighted by molar-refractivity contribution is 0.0907. The number of pyridine rings is 1. The van der Waals surface area contributed by atoms with Crippen molar-refractivity contribution in [2.24, 2.45) is 0 Å². The third-order valence-electron chi connectivity index (χ3n) is 6.10. The monoisotopic (exact) mass is 381 g/mol. The van der Waals surface area contributed by atoms with Crippen LogP contribution in [0, 0.1) is 0 Å². The maximum atomic E-state index is 13.0. The molecule has 3 heterocycles. The summed E-state index contributed by atoms with van der Waals surface area (Å²) < 4.78 is 2.09. The molecule has 6 heteroatoms. The first-order chi connectivity index (χ1) is 13.7. The topological polar surface area (TPSA) is 63.1 Å². The molecule has 2 aromatic rings. The molecule has 1 unspecified atom stereocenters. The minimum atomic E-state index is 0.0576. The lowest BCUT2D eigenvalue weighted by Crippen LogP contribution is -2.44. The van der Waals surface area contributed by atoms with E-state index in [0.717, 1.165) is 50.2 Å². The van der Waals surface area contributed by atoms with Crippen molar-refractivity contribution >= 4 is 5.91 Å². The highest BCUT2D eigenvalue weighted by Gasteiger charge is 2.34. The molecule has 1 N–H and O–H groups in total. The summed E-state index contributed by atoms with van der Waals surface area (Å²) in [5.41, 5.74) is 3.19. The summed E-state index contributed by atoms with van der Waals surface area (Å²) in [6.45, 7) is 7.28. The maximum Gasteiger partial charge on any atom is 0.254 e. The van der Waals surface area contributed by atoms with Crippen molar-refractivity contribution in [2.45, 2.75) is 70.5 Å². The number of hydrogen-bond donors (Lipinski definition) is 1. The Hall–Kier alpha value is -2.21. The summed E-state index contributed by atoms with van der Waals surface area (Å²) >= 11 is 0. The SMILES string of the molecule is CCC(C)n1ncc(C(=O)NC2CCN(Cc3cccnc3)CC2)c1C1CC1. The van der Waals surface area contributed by atoms with E-state index in [-0.39, 0.29) is 11.9 Å². The first-order valence-corrected chi connectivity index (χ1v) is 10.6. The molecule has 1 amide bonds. The van der Waals surface area contributed by atoms with Crippen molar-refractivity contribution < 1.29 is 4.79 Å². The van der Waals surface area contributed by atoms with E-state index in [4.69, 9.17) is 0 Å². The third kappa shape index (κ3) is 4.27. The number of nitrogens with zero attached hydrogens (tertiary/aromatic N) is 4. The van der Waals surface area contributed by atoms with E-state index in [0.29, 0.717) is 12.0 Å². The second kappa shape index (κ2) is 8.43. The zero-order valence-electron chi connectivity index (χ0n) is 17.0. The predicted octanol–water partition coefficient (Wildman–Crippen LogP) is 3.52. The molecule has 2 fully saturated rings. The van der Waals surface area contributed by atoms with Crippen molar-refractivity contribution in [2.75, 3.05) is 13.1 Å². The van der Waals surface area contributed by atoms with Crippen LogP contribution in [0.25, 0.3) is 0 Å². The van der Waals surface area contributed by atoms with Crippen molar-refractivity contribution in [3.8, 4) is 0 Å². The van der Waals surface area contributed by atoms with Crippen molar-refractivity contribution in [3.63, 3.8) is 0 Å². The molecule has 0 aromatic carbocycles. The summed E-state index contributed by atoms with van der Waals surface area (Å²) in [5, 5.41) is 7.84. The van der Waals surface area contributed by atoms with Crippen LogP contribution in [0.4, 0.5) is 0 Å². The van der Waals surface area contributed by atoms with E-state index in [9.17, 15) is 4.79 Å². The van der Waals surface area contributed by atoms with Gasteiger partial charge in [-0.1, -0.05) is 13.0 Å².